The van der Waals surface area contributed by atoms with Crippen LogP contribution in [0.5, 0.6) is 23.0 Å². The molecule has 6 rings (SSSR count). The molecule has 0 bridgehead atoms. The quantitative estimate of drug-likeness (QED) is 0.151. The van der Waals surface area contributed by atoms with Crippen molar-refractivity contribution in [2.75, 3.05) is 50.6 Å². The first-order valence-electron chi connectivity index (χ1n) is 16.3. The fourth-order valence-electron chi connectivity index (χ4n) is 6.40. The zero-order valence-corrected chi connectivity index (χ0v) is 29.5. The lowest BCUT2D eigenvalue weighted by Crippen LogP contribution is -2.26. The molecule has 262 valence electrons. The number of nitrogens with zero attached hydrogens (tertiary/aromatic N) is 3. The summed E-state index contributed by atoms with van der Waals surface area (Å²) in [5, 5.41) is 4.41. The Bertz CT molecular complexity index is 2090. The minimum Gasteiger partial charge on any atom is -0.496 e. The molecule has 1 N–H and O–H groups in total. The van der Waals surface area contributed by atoms with Crippen LogP contribution in [0.25, 0.3) is 22.1 Å². The average Bonchev–Trinajstić information content (AvgIpc) is 3.34. The van der Waals surface area contributed by atoms with Crippen molar-refractivity contribution in [3.63, 3.8) is 0 Å². The van der Waals surface area contributed by atoms with E-state index in [0.717, 1.165) is 60.6 Å². The van der Waals surface area contributed by atoms with Gasteiger partial charge in [0.1, 0.15) is 35.0 Å². The highest BCUT2D eigenvalue weighted by atomic mass is 32.2. The number of aryl methyl sites for hydroxylation is 2. The molecule has 1 fully saturated rings. The normalized spacial score (nSPS) is 15.0. The minimum absolute atomic E-state index is 0.0322. The van der Waals surface area contributed by atoms with Gasteiger partial charge >= 0.3 is 0 Å². The number of methoxy groups -OCH3 is 3. The Morgan fingerprint density at radius 2 is 1.58 bits per heavy atom. The number of carbonyl (C=O) groups is 1. The maximum Gasteiger partial charge on any atom is 0.270 e. The fraction of sp³-hybridized carbons (Fsp3) is 0.324. The van der Waals surface area contributed by atoms with E-state index in [4.69, 9.17) is 23.5 Å². The van der Waals surface area contributed by atoms with Gasteiger partial charge in [-0.3, -0.25) is 14.5 Å². The first-order chi connectivity index (χ1) is 24.1. The van der Waals surface area contributed by atoms with Crippen LogP contribution in [-0.4, -0.2) is 65.4 Å². The van der Waals surface area contributed by atoms with Gasteiger partial charge in [-0.25, -0.2) is 8.42 Å². The highest BCUT2D eigenvalue weighted by molar-refractivity contribution is 7.93. The van der Waals surface area contributed by atoms with E-state index >= 15 is 0 Å². The van der Waals surface area contributed by atoms with Gasteiger partial charge in [0.2, 0.25) is 0 Å². The number of Topliss-reactive ketones (excluding diaryl/α,β-unsaturated/α-hetero) is 1. The van der Waals surface area contributed by atoms with E-state index in [2.05, 4.69) is 31.9 Å². The van der Waals surface area contributed by atoms with Gasteiger partial charge in [-0.15, -0.1) is 0 Å². The number of carbonyl (C=O) groups excluding carboxylic acids is 1. The molecule has 12 nitrogen and oxygen atoms in total. The Hall–Kier alpha value is -5.30. The molecule has 1 aliphatic rings. The molecule has 5 aromatic rings. The van der Waals surface area contributed by atoms with Crippen molar-refractivity contribution < 1.29 is 36.7 Å². The van der Waals surface area contributed by atoms with Gasteiger partial charge < -0.3 is 28.4 Å². The number of hydrogen-bond acceptors (Lipinski definition) is 11. The van der Waals surface area contributed by atoms with Crippen LogP contribution in [-0.2, 0) is 14.8 Å². The summed E-state index contributed by atoms with van der Waals surface area (Å²) in [6.45, 7) is 5.42. The number of ketones is 1. The van der Waals surface area contributed by atoms with Crippen molar-refractivity contribution in [2.45, 2.75) is 38.0 Å². The van der Waals surface area contributed by atoms with E-state index in [9.17, 15) is 13.2 Å². The summed E-state index contributed by atoms with van der Waals surface area (Å²) in [7, 11) is 0.0544. The predicted octanol–water partition coefficient (Wildman–Crippen LogP) is 6.59. The molecule has 0 aliphatic carbocycles. The van der Waals surface area contributed by atoms with Crippen LogP contribution in [0.3, 0.4) is 0 Å². The number of hydrogen-bond donors (Lipinski definition) is 1. The second-order valence-electron chi connectivity index (χ2n) is 12.2. The van der Waals surface area contributed by atoms with E-state index in [-0.39, 0.29) is 40.5 Å². The lowest BCUT2D eigenvalue weighted by atomic mass is 9.96. The minimum atomic E-state index is -4.21. The lowest BCUT2D eigenvalue weighted by Gasteiger charge is -2.23. The summed E-state index contributed by atoms with van der Waals surface area (Å²) in [5.41, 5.74) is 4.80. The van der Waals surface area contributed by atoms with Crippen LogP contribution in [0.1, 0.15) is 30.7 Å². The molecule has 3 heterocycles. The monoisotopic (exact) mass is 700 g/mol. The van der Waals surface area contributed by atoms with Crippen LogP contribution in [0.2, 0.25) is 0 Å². The Morgan fingerprint density at radius 3 is 2.28 bits per heavy atom. The Labute approximate surface area is 291 Å². The molecule has 0 spiro atoms. The van der Waals surface area contributed by atoms with Gasteiger partial charge in [0.05, 0.1) is 21.3 Å². The van der Waals surface area contributed by atoms with Crippen LogP contribution in [0, 0.1) is 19.8 Å². The number of pyridine rings is 1. The molecule has 1 aliphatic heterocycles. The summed E-state index contributed by atoms with van der Waals surface area (Å²) in [5.74, 6) is 1.29. The maximum atomic E-state index is 13.5. The Morgan fingerprint density at radius 1 is 0.880 bits per heavy atom. The molecule has 2 aromatic heterocycles. The molecule has 3 aromatic carbocycles. The topological polar surface area (TPSA) is 142 Å². The lowest BCUT2D eigenvalue weighted by molar-refractivity contribution is -0.125. The number of rotatable bonds is 12. The summed E-state index contributed by atoms with van der Waals surface area (Å²) in [6, 6.07) is 20.1. The highest BCUT2D eigenvalue weighted by Crippen LogP contribution is 2.40. The van der Waals surface area contributed by atoms with Crippen molar-refractivity contribution in [3.05, 3.63) is 78.1 Å². The van der Waals surface area contributed by atoms with Crippen molar-refractivity contribution in [1.82, 2.24) is 10.1 Å². The van der Waals surface area contributed by atoms with Gasteiger partial charge in [-0.05, 0) is 80.6 Å². The molecule has 0 saturated carbocycles. The van der Waals surface area contributed by atoms with Crippen LogP contribution in [0.4, 0.5) is 11.5 Å². The number of nitrogens with one attached hydrogen (secondary N) is 1. The van der Waals surface area contributed by atoms with Crippen molar-refractivity contribution in [2.24, 2.45) is 5.92 Å². The second-order valence-corrected chi connectivity index (χ2v) is 13.8. The number of anilines is 2. The third-order valence-corrected chi connectivity index (χ3v) is 10.2. The largest absolute Gasteiger partial charge is 0.496 e. The van der Waals surface area contributed by atoms with Crippen LogP contribution >= 0.6 is 0 Å². The first-order valence-corrected chi connectivity index (χ1v) is 17.8. The number of sulfonamides is 1. The van der Waals surface area contributed by atoms with E-state index in [1.165, 1.54) is 33.5 Å². The third-order valence-electron chi connectivity index (χ3n) is 8.80. The maximum absolute atomic E-state index is 13.5. The standard InChI is InChI=1S/C37H40N4O8S/c1-23-17-29(18-24(2)38-23)48-22-30(42)25-10-8-15-41(16-14-25)28-11-6-9-26(19-28)27-20-33(47-5)35-34(21-27)49-39-37(35)40-50(43,44)36-31(45-3)12-7-13-32(36)46-4/h6-7,9,11-13,17-21,25H,8,10,14-16,22H2,1-5H3,(H,39,40). The van der Waals surface area contributed by atoms with Crippen molar-refractivity contribution >= 4 is 38.3 Å². The SMILES string of the molecule is COc1cccc(OC)c1S(=O)(=O)Nc1noc2cc(-c3cccc(N4CCCC(C(=O)COc5cc(C)nc(C)c5)CC4)c3)cc(OC)c12. The summed E-state index contributed by atoms with van der Waals surface area (Å²) >= 11 is 0. The zero-order valence-electron chi connectivity index (χ0n) is 28.7. The average molecular weight is 701 g/mol. The smallest absolute Gasteiger partial charge is 0.270 e. The van der Waals surface area contributed by atoms with Gasteiger partial charge in [-0.2, -0.15) is 0 Å². The molecule has 1 unspecified atom stereocenters. The number of benzene rings is 3. The summed E-state index contributed by atoms with van der Waals surface area (Å²) in [6.07, 6.45) is 2.42. The number of aromatic nitrogens is 2. The van der Waals surface area contributed by atoms with E-state index in [1.54, 1.807) is 12.1 Å². The fourth-order valence-corrected chi connectivity index (χ4v) is 7.73. The number of fused-ring (bicyclic) bond motifs is 1. The number of ether oxygens (including phenoxy) is 4. The summed E-state index contributed by atoms with van der Waals surface area (Å²) in [4.78, 5) is 19.6. The van der Waals surface area contributed by atoms with E-state index in [1.807, 2.05) is 44.2 Å². The predicted molar refractivity (Wildman–Crippen MR) is 190 cm³/mol. The second kappa shape index (κ2) is 14.7. The Balaban J connectivity index is 1.19. The molecule has 0 radical (unpaired) electrons. The van der Waals surface area contributed by atoms with Gasteiger partial charge in [0.25, 0.3) is 10.0 Å². The molecule has 13 heteroatoms. The molecule has 50 heavy (non-hydrogen) atoms. The molecule has 0 amide bonds. The van der Waals surface area contributed by atoms with Crippen molar-refractivity contribution in [1.29, 1.82) is 0 Å². The summed E-state index contributed by atoms with van der Waals surface area (Å²) < 4.78 is 57.4. The van der Waals surface area contributed by atoms with Gasteiger partial charge in [-0.1, -0.05) is 23.4 Å². The zero-order chi connectivity index (χ0) is 35.4. The highest BCUT2D eigenvalue weighted by Gasteiger charge is 2.28. The van der Waals surface area contributed by atoms with Crippen LogP contribution < -0.4 is 28.6 Å². The van der Waals surface area contributed by atoms with Crippen LogP contribution in [0.15, 0.2) is 76.1 Å². The van der Waals surface area contributed by atoms with Gasteiger partial charge in [0.15, 0.2) is 22.1 Å². The van der Waals surface area contributed by atoms with E-state index < -0.39 is 10.0 Å². The molecule has 1 saturated heterocycles. The molecule has 1 atom stereocenters. The Kier molecular flexibility index (Phi) is 10.1. The molecular weight excluding hydrogens is 660 g/mol. The third kappa shape index (κ3) is 7.32. The first kappa shape index (κ1) is 34.6. The van der Waals surface area contributed by atoms with Crippen molar-refractivity contribution in [3.8, 4) is 34.1 Å². The van der Waals surface area contributed by atoms with E-state index in [0.29, 0.717) is 22.5 Å². The van der Waals surface area contributed by atoms with Gasteiger partial charge in [0, 0.05) is 48.2 Å². The molecular formula is C37H40N4O8S.